The molecule has 0 aliphatic heterocycles. The molecule has 0 atom stereocenters. The third kappa shape index (κ3) is 2.65. The van der Waals surface area contributed by atoms with Crippen molar-refractivity contribution in [1.29, 1.82) is 0 Å². The van der Waals surface area contributed by atoms with Crippen LogP contribution in [0.5, 0.6) is 5.75 Å². The Morgan fingerprint density at radius 2 is 1.89 bits per heavy atom. The second-order valence-corrected chi connectivity index (χ2v) is 4.97. The Labute approximate surface area is 112 Å². The summed E-state index contributed by atoms with van der Waals surface area (Å²) in [6.45, 7) is 0. The molecular weight excluding hydrogens is 243 g/mol. The molecule has 0 radical (unpaired) electrons. The van der Waals surface area contributed by atoms with Gasteiger partial charge in [-0.15, -0.1) is 0 Å². The normalized spacial score (nSPS) is 16.5. The Kier molecular flexibility index (Phi) is 3.53. The molecule has 1 aliphatic carbocycles. The number of hydrogen-bond acceptors (Lipinski definition) is 2. The lowest BCUT2D eigenvalue weighted by Crippen LogP contribution is -2.20. The number of halogens is 1. The van der Waals surface area contributed by atoms with Crippen molar-refractivity contribution in [2.75, 3.05) is 0 Å². The summed E-state index contributed by atoms with van der Waals surface area (Å²) in [6.07, 6.45) is 7.30. The van der Waals surface area contributed by atoms with Gasteiger partial charge in [-0.3, -0.25) is 0 Å². The third-order valence-electron chi connectivity index (χ3n) is 3.59. The third-order valence-corrected chi connectivity index (χ3v) is 3.59. The molecule has 0 saturated heterocycles. The average Bonchev–Trinajstić information content (AvgIpc) is 2.96. The second kappa shape index (κ2) is 5.47. The molecule has 1 aliphatic rings. The fraction of sp³-hybridized carbons (Fsp3) is 0.375. The average molecular weight is 260 g/mol. The summed E-state index contributed by atoms with van der Waals surface area (Å²) in [5, 5.41) is 0. The SMILES string of the molecule is Fc1cccc(-c2ccco2)c1OC1CCCCC1. The Balaban J connectivity index is 1.90. The Bertz CT molecular complexity index is 528. The molecule has 2 nitrogen and oxygen atoms in total. The Morgan fingerprint density at radius 3 is 2.63 bits per heavy atom. The van der Waals surface area contributed by atoms with Crippen molar-refractivity contribution in [3.05, 3.63) is 42.4 Å². The minimum atomic E-state index is -0.320. The summed E-state index contributed by atoms with van der Waals surface area (Å²) in [5.74, 6) is 0.647. The van der Waals surface area contributed by atoms with Crippen molar-refractivity contribution >= 4 is 0 Å². The van der Waals surface area contributed by atoms with Crippen molar-refractivity contribution in [1.82, 2.24) is 0 Å². The molecule has 1 saturated carbocycles. The predicted octanol–water partition coefficient (Wildman–Crippen LogP) is 4.80. The molecule has 1 heterocycles. The van der Waals surface area contributed by atoms with Crippen LogP contribution in [0.2, 0.25) is 0 Å². The van der Waals surface area contributed by atoms with E-state index in [2.05, 4.69) is 0 Å². The van der Waals surface area contributed by atoms with Crippen molar-refractivity contribution in [3.8, 4) is 17.1 Å². The van der Waals surface area contributed by atoms with Gasteiger partial charge in [0, 0.05) is 0 Å². The first-order valence-electron chi connectivity index (χ1n) is 6.83. The molecule has 3 rings (SSSR count). The van der Waals surface area contributed by atoms with Crippen molar-refractivity contribution < 1.29 is 13.5 Å². The van der Waals surface area contributed by atoms with E-state index in [9.17, 15) is 4.39 Å². The van der Waals surface area contributed by atoms with Crippen LogP contribution in [0.25, 0.3) is 11.3 Å². The molecule has 19 heavy (non-hydrogen) atoms. The van der Waals surface area contributed by atoms with Crippen LogP contribution in [-0.4, -0.2) is 6.10 Å². The van der Waals surface area contributed by atoms with Crippen LogP contribution < -0.4 is 4.74 Å². The molecule has 1 aromatic carbocycles. The summed E-state index contributed by atoms with van der Waals surface area (Å²) in [5.41, 5.74) is 0.690. The van der Waals surface area contributed by atoms with E-state index in [4.69, 9.17) is 9.15 Å². The maximum absolute atomic E-state index is 14.0. The van der Waals surface area contributed by atoms with Crippen LogP contribution in [0.4, 0.5) is 4.39 Å². The van der Waals surface area contributed by atoms with E-state index >= 15 is 0 Å². The smallest absolute Gasteiger partial charge is 0.166 e. The lowest BCUT2D eigenvalue weighted by atomic mass is 9.97. The highest BCUT2D eigenvalue weighted by Crippen LogP contribution is 2.35. The molecule has 0 N–H and O–H groups in total. The standard InChI is InChI=1S/C16H17FO2/c17-14-9-4-8-13(15-10-5-11-18-15)16(14)19-12-6-2-1-3-7-12/h4-5,8-12H,1-3,6-7H2. The van der Waals surface area contributed by atoms with Gasteiger partial charge in [-0.2, -0.15) is 0 Å². The van der Waals surface area contributed by atoms with E-state index in [1.165, 1.54) is 12.5 Å². The Morgan fingerprint density at radius 1 is 1.05 bits per heavy atom. The first-order chi connectivity index (χ1) is 9.34. The van der Waals surface area contributed by atoms with Gasteiger partial charge in [0.25, 0.3) is 0 Å². The molecule has 0 unspecified atom stereocenters. The van der Waals surface area contributed by atoms with Gasteiger partial charge in [0.1, 0.15) is 5.76 Å². The molecule has 1 fully saturated rings. The number of ether oxygens (including phenoxy) is 1. The summed E-state index contributed by atoms with van der Waals surface area (Å²) in [6, 6.07) is 8.57. The summed E-state index contributed by atoms with van der Waals surface area (Å²) >= 11 is 0. The highest BCUT2D eigenvalue weighted by molar-refractivity contribution is 5.66. The fourth-order valence-electron chi connectivity index (χ4n) is 2.60. The van der Waals surface area contributed by atoms with Gasteiger partial charge in [-0.25, -0.2) is 4.39 Å². The van der Waals surface area contributed by atoms with E-state index in [1.807, 2.05) is 12.1 Å². The van der Waals surface area contributed by atoms with Gasteiger partial charge >= 0.3 is 0 Å². The van der Waals surface area contributed by atoms with Crippen molar-refractivity contribution in [2.24, 2.45) is 0 Å². The van der Waals surface area contributed by atoms with Crippen LogP contribution in [0, 0.1) is 5.82 Å². The zero-order chi connectivity index (χ0) is 13.1. The fourth-order valence-corrected chi connectivity index (χ4v) is 2.60. The zero-order valence-electron chi connectivity index (χ0n) is 10.8. The van der Waals surface area contributed by atoms with Crippen molar-refractivity contribution in [2.45, 2.75) is 38.2 Å². The molecule has 2 aromatic rings. The maximum atomic E-state index is 14.0. The lowest BCUT2D eigenvalue weighted by molar-refractivity contribution is 0.149. The lowest BCUT2D eigenvalue weighted by Gasteiger charge is -2.24. The van der Waals surface area contributed by atoms with Crippen LogP contribution >= 0.6 is 0 Å². The van der Waals surface area contributed by atoms with Crippen LogP contribution in [0.15, 0.2) is 41.0 Å². The molecular formula is C16H17FO2. The topological polar surface area (TPSA) is 22.4 Å². The van der Waals surface area contributed by atoms with Crippen LogP contribution in [0.3, 0.4) is 0 Å². The number of benzene rings is 1. The van der Waals surface area contributed by atoms with E-state index < -0.39 is 0 Å². The van der Waals surface area contributed by atoms with Gasteiger partial charge < -0.3 is 9.15 Å². The first kappa shape index (κ1) is 12.3. The van der Waals surface area contributed by atoms with Crippen LogP contribution in [-0.2, 0) is 0 Å². The molecule has 0 amide bonds. The maximum Gasteiger partial charge on any atom is 0.166 e. The largest absolute Gasteiger partial charge is 0.487 e. The number of hydrogen-bond donors (Lipinski definition) is 0. The van der Waals surface area contributed by atoms with Crippen LogP contribution in [0.1, 0.15) is 32.1 Å². The summed E-state index contributed by atoms with van der Waals surface area (Å²) in [7, 11) is 0. The summed E-state index contributed by atoms with van der Waals surface area (Å²) < 4.78 is 25.3. The van der Waals surface area contributed by atoms with Gasteiger partial charge in [-0.1, -0.05) is 12.5 Å². The zero-order valence-corrected chi connectivity index (χ0v) is 10.8. The van der Waals surface area contributed by atoms with E-state index in [1.54, 1.807) is 18.4 Å². The minimum Gasteiger partial charge on any atom is -0.487 e. The Hall–Kier alpha value is -1.77. The number of furan rings is 1. The molecule has 0 bridgehead atoms. The van der Waals surface area contributed by atoms with E-state index in [-0.39, 0.29) is 11.9 Å². The number of para-hydroxylation sites is 1. The summed E-state index contributed by atoms with van der Waals surface area (Å²) in [4.78, 5) is 0. The minimum absolute atomic E-state index is 0.124. The van der Waals surface area contributed by atoms with Gasteiger partial charge in [0.05, 0.1) is 17.9 Å². The van der Waals surface area contributed by atoms with Gasteiger partial charge in [0.2, 0.25) is 0 Å². The van der Waals surface area contributed by atoms with Gasteiger partial charge in [-0.05, 0) is 49.9 Å². The highest BCUT2D eigenvalue weighted by atomic mass is 19.1. The highest BCUT2D eigenvalue weighted by Gasteiger charge is 2.20. The van der Waals surface area contributed by atoms with Gasteiger partial charge in [0.15, 0.2) is 11.6 Å². The molecule has 3 heteroatoms. The molecule has 100 valence electrons. The quantitative estimate of drug-likeness (QED) is 0.791. The predicted molar refractivity (Wildman–Crippen MR) is 71.6 cm³/mol. The van der Waals surface area contributed by atoms with Crippen molar-refractivity contribution in [3.63, 3.8) is 0 Å². The monoisotopic (exact) mass is 260 g/mol. The van der Waals surface area contributed by atoms with E-state index in [0.717, 1.165) is 25.7 Å². The second-order valence-electron chi connectivity index (χ2n) is 4.97. The first-order valence-corrected chi connectivity index (χ1v) is 6.83. The molecule has 0 spiro atoms. The molecule has 1 aromatic heterocycles. The van der Waals surface area contributed by atoms with E-state index in [0.29, 0.717) is 17.1 Å². The number of rotatable bonds is 3.